The van der Waals surface area contributed by atoms with Gasteiger partial charge in [-0.1, -0.05) is 12.1 Å². The average Bonchev–Trinajstić information content (AvgIpc) is 2.74. The summed E-state index contributed by atoms with van der Waals surface area (Å²) in [6, 6.07) is 12.5. The number of aliphatic hydroxyl groups excluding tert-OH is 1. The zero-order valence-corrected chi connectivity index (χ0v) is 17.4. The van der Waals surface area contributed by atoms with Crippen LogP contribution < -0.4 is 15.6 Å². The summed E-state index contributed by atoms with van der Waals surface area (Å²) in [5.41, 5.74) is 1.23. The fourth-order valence-electron chi connectivity index (χ4n) is 3.24. The Bertz CT molecular complexity index is 1130. The van der Waals surface area contributed by atoms with E-state index < -0.39 is 17.3 Å². The quantitative estimate of drug-likeness (QED) is 0.579. The lowest BCUT2D eigenvalue weighted by atomic mass is 10.1. The molecule has 31 heavy (non-hydrogen) atoms. The number of ether oxygens (including phenoxy) is 1. The molecule has 0 aliphatic carbocycles. The Morgan fingerprint density at radius 3 is 2.61 bits per heavy atom. The largest absolute Gasteiger partial charge is 0.494 e. The number of halogens is 1. The van der Waals surface area contributed by atoms with Crippen molar-refractivity contribution in [3.05, 3.63) is 76.0 Å². The van der Waals surface area contributed by atoms with Gasteiger partial charge in [-0.25, -0.2) is 9.37 Å². The minimum absolute atomic E-state index is 0.113. The summed E-state index contributed by atoms with van der Waals surface area (Å²) >= 11 is 0. The highest BCUT2D eigenvalue weighted by Crippen LogP contribution is 2.20. The van der Waals surface area contributed by atoms with Gasteiger partial charge >= 0.3 is 0 Å². The third kappa shape index (κ3) is 5.35. The summed E-state index contributed by atoms with van der Waals surface area (Å²) < 4.78 is 20.4. The van der Waals surface area contributed by atoms with E-state index in [-0.39, 0.29) is 25.4 Å². The van der Waals surface area contributed by atoms with Gasteiger partial charge in [0, 0.05) is 35.5 Å². The van der Waals surface area contributed by atoms with Crippen molar-refractivity contribution in [3.8, 4) is 17.1 Å². The number of rotatable bonds is 8. The monoisotopic (exact) mass is 425 g/mol. The molecular weight excluding hydrogens is 401 g/mol. The first kappa shape index (κ1) is 22.2. The maximum Gasteiger partial charge on any atom is 0.257 e. The van der Waals surface area contributed by atoms with Gasteiger partial charge in [0.1, 0.15) is 23.9 Å². The Hall–Kier alpha value is -3.52. The van der Waals surface area contributed by atoms with Gasteiger partial charge in [-0.05, 0) is 50.2 Å². The standard InChI is InChI=1S/C23H24FN3O4/c1-3-31-19-9-7-18(8-10-19)26-21(29)14-27-22(16-5-4-6-17(24)13-16)25-15(2)20(11-12-28)23(27)30/h4-10,13,28H,3,11-12,14H2,1-2H3,(H,26,29). The Labute approximate surface area is 179 Å². The summed E-state index contributed by atoms with van der Waals surface area (Å²) in [5.74, 6) is -0.0502. The van der Waals surface area contributed by atoms with Crippen molar-refractivity contribution in [1.82, 2.24) is 9.55 Å². The molecule has 3 rings (SSSR count). The predicted octanol–water partition coefficient (Wildman–Crippen LogP) is 2.93. The molecule has 0 fully saturated rings. The van der Waals surface area contributed by atoms with Crippen LogP contribution >= 0.6 is 0 Å². The number of carbonyl (C=O) groups is 1. The highest BCUT2D eigenvalue weighted by Gasteiger charge is 2.18. The van der Waals surface area contributed by atoms with Crippen LogP contribution in [0.25, 0.3) is 11.4 Å². The number of nitrogens with one attached hydrogen (secondary N) is 1. The number of carbonyl (C=O) groups excluding carboxylic acids is 1. The van der Waals surface area contributed by atoms with E-state index in [0.29, 0.717) is 34.9 Å². The molecule has 3 aromatic rings. The molecule has 0 bridgehead atoms. The molecular formula is C23H24FN3O4. The number of hydrogen-bond donors (Lipinski definition) is 2. The van der Waals surface area contributed by atoms with E-state index in [2.05, 4.69) is 10.3 Å². The molecule has 162 valence electrons. The fourth-order valence-corrected chi connectivity index (χ4v) is 3.24. The third-order valence-electron chi connectivity index (χ3n) is 4.66. The first-order valence-electron chi connectivity index (χ1n) is 9.92. The lowest BCUT2D eigenvalue weighted by Crippen LogP contribution is -2.33. The number of amides is 1. The van der Waals surface area contributed by atoms with Crippen LogP contribution in [0.4, 0.5) is 10.1 Å². The van der Waals surface area contributed by atoms with Gasteiger partial charge in [0.25, 0.3) is 5.56 Å². The van der Waals surface area contributed by atoms with Gasteiger partial charge < -0.3 is 15.2 Å². The number of aryl methyl sites for hydroxylation is 1. The highest BCUT2D eigenvalue weighted by atomic mass is 19.1. The van der Waals surface area contributed by atoms with E-state index >= 15 is 0 Å². The molecule has 2 aromatic carbocycles. The highest BCUT2D eigenvalue weighted by molar-refractivity contribution is 5.90. The Balaban J connectivity index is 1.95. The van der Waals surface area contributed by atoms with Crippen molar-refractivity contribution in [2.45, 2.75) is 26.8 Å². The zero-order chi connectivity index (χ0) is 22.4. The lowest BCUT2D eigenvalue weighted by Gasteiger charge is -2.16. The van der Waals surface area contributed by atoms with Gasteiger partial charge in [0.05, 0.1) is 6.61 Å². The van der Waals surface area contributed by atoms with Gasteiger partial charge in [0.2, 0.25) is 5.91 Å². The second kappa shape index (κ2) is 9.99. The number of aliphatic hydroxyl groups is 1. The van der Waals surface area contributed by atoms with Crippen LogP contribution in [-0.4, -0.2) is 33.8 Å². The van der Waals surface area contributed by atoms with Crippen molar-refractivity contribution in [1.29, 1.82) is 0 Å². The van der Waals surface area contributed by atoms with E-state index in [9.17, 15) is 19.1 Å². The van der Waals surface area contributed by atoms with Crippen molar-refractivity contribution in [2.75, 3.05) is 18.5 Å². The Morgan fingerprint density at radius 2 is 1.97 bits per heavy atom. The topological polar surface area (TPSA) is 93.4 Å². The smallest absolute Gasteiger partial charge is 0.257 e. The molecule has 0 atom stereocenters. The minimum Gasteiger partial charge on any atom is -0.494 e. The van der Waals surface area contributed by atoms with E-state index in [1.54, 1.807) is 37.3 Å². The summed E-state index contributed by atoms with van der Waals surface area (Å²) in [6.45, 7) is 3.52. The molecule has 0 aliphatic heterocycles. The van der Waals surface area contributed by atoms with Crippen LogP contribution in [-0.2, 0) is 17.8 Å². The summed E-state index contributed by atoms with van der Waals surface area (Å²) in [4.78, 5) is 30.2. The minimum atomic E-state index is -0.478. The molecule has 0 aliphatic rings. The summed E-state index contributed by atoms with van der Waals surface area (Å²) in [7, 11) is 0. The van der Waals surface area contributed by atoms with E-state index in [1.165, 1.54) is 22.8 Å². The van der Waals surface area contributed by atoms with Gasteiger partial charge in [-0.15, -0.1) is 0 Å². The Kier molecular flexibility index (Phi) is 7.15. The fraction of sp³-hybridized carbons (Fsp3) is 0.261. The number of aromatic nitrogens is 2. The summed E-state index contributed by atoms with van der Waals surface area (Å²) in [5, 5.41) is 12.0. The van der Waals surface area contributed by atoms with Crippen LogP contribution in [0.3, 0.4) is 0 Å². The molecule has 2 N–H and O–H groups in total. The van der Waals surface area contributed by atoms with E-state index in [4.69, 9.17) is 4.74 Å². The predicted molar refractivity (Wildman–Crippen MR) is 116 cm³/mol. The van der Waals surface area contributed by atoms with Crippen molar-refractivity contribution >= 4 is 11.6 Å². The SMILES string of the molecule is CCOc1ccc(NC(=O)Cn2c(-c3cccc(F)c3)nc(C)c(CCO)c2=O)cc1. The first-order chi connectivity index (χ1) is 14.9. The molecule has 7 nitrogen and oxygen atoms in total. The van der Waals surface area contributed by atoms with E-state index in [0.717, 1.165) is 0 Å². The average molecular weight is 425 g/mol. The normalized spacial score (nSPS) is 10.7. The second-order valence-electron chi connectivity index (χ2n) is 6.88. The molecule has 8 heteroatoms. The van der Waals surface area contributed by atoms with Gasteiger partial charge in [-0.3, -0.25) is 14.2 Å². The lowest BCUT2D eigenvalue weighted by molar-refractivity contribution is -0.116. The van der Waals surface area contributed by atoms with Crippen LogP contribution in [0.1, 0.15) is 18.2 Å². The number of nitrogens with zero attached hydrogens (tertiary/aromatic N) is 2. The van der Waals surface area contributed by atoms with E-state index in [1.807, 2.05) is 6.92 Å². The van der Waals surface area contributed by atoms with Crippen molar-refractivity contribution in [3.63, 3.8) is 0 Å². The molecule has 1 aromatic heterocycles. The molecule has 0 spiro atoms. The van der Waals surface area contributed by atoms with Crippen LogP contribution in [0.5, 0.6) is 5.75 Å². The van der Waals surface area contributed by atoms with Gasteiger partial charge in [0.15, 0.2) is 0 Å². The van der Waals surface area contributed by atoms with Crippen molar-refractivity contribution in [2.24, 2.45) is 0 Å². The summed E-state index contributed by atoms with van der Waals surface area (Å²) in [6.07, 6.45) is 0.113. The Morgan fingerprint density at radius 1 is 1.23 bits per heavy atom. The zero-order valence-electron chi connectivity index (χ0n) is 17.4. The molecule has 1 heterocycles. The molecule has 0 unspecified atom stereocenters. The molecule has 0 radical (unpaired) electrons. The van der Waals surface area contributed by atoms with Crippen LogP contribution in [0.15, 0.2) is 53.3 Å². The number of anilines is 1. The first-order valence-corrected chi connectivity index (χ1v) is 9.92. The second-order valence-corrected chi connectivity index (χ2v) is 6.88. The number of benzene rings is 2. The van der Waals surface area contributed by atoms with Crippen LogP contribution in [0, 0.1) is 12.7 Å². The van der Waals surface area contributed by atoms with Gasteiger partial charge in [-0.2, -0.15) is 0 Å². The molecule has 0 saturated carbocycles. The molecule has 0 saturated heterocycles. The van der Waals surface area contributed by atoms with Crippen molar-refractivity contribution < 1.29 is 19.0 Å². The number of hydrogen-bond acceptors (Lipinski definition) is 5. The van der Waals surface area contributed by atoms with Crippen LogP contribution in [0.2, 0.25) is 0 Å². The maximum atomic E-state index is 13.8. The maximum absolute atomic E-state index is 13.8. The third-order valence-corrected chi connectivity index (χ3v) is 4.66. The molecule has 1 amide bonds.